The van der Waals surface area contributed by atoms with Crippen molar-refractivity contribution < 1.29 is 10.0 Å². The number of rotatable bonds is 4. The van der Waals surface area contributed by atoms with Gasteiger partial charge in [-0.15, -0.1) is 0 Å². The summed E-state index contributed by atoms with van der Waals surface area (Å²) in [5, 5.41) is 20.0. The molecule has 98 valence electrons. The van der Waals surface area contributed by atoms with E-state index < -0.39 is 4.92 Å². The van der Waals surface area contributed by atoms with Crippen molar-refractivity contribution in [2.24, 2.45) is 0 Å². The summed E-state index contributed by atoms with van der Waals surface area (Å²) in [4.78, 5) is 12.1. The normalized spacial score (nSPS) is 10.4. The average molecular weight is 275 g/mol. The molecule has 0 spiro atoms. The van der Waals surface area contributed by atoms with Crippen LogP contribution in [0.2, 0.25) is 0 Å². The van der Waals surface area contributed by atoms with Crippen molar-refractivity contribution in [3.8, 4) is 0 Å². The van der Waals surface area contributed by atoms with Gasteiger partial charge in [0.25, 0.3) is 5.69 Å². The molecule has 0 bridgehead atoms. The standard InChI is InChI=1S/C14H13NO3S/c1-10-3-2-4-13(7-10)19-14-6-5-12(15(17)18)8-11(14)9-16/h2-8,16H,9H2,1H3. The van der Waals surface area contributed by atoms with Gasteiger partial charge >= 0.3 is 0 Å². The fourth-order valence-corrected chi connectivity index (χ4v) is 2.74. The molecule has 2 rings (SSSR count). The van der Waals surface area contributed by atoms with Gasteiger partial charge in [0.2, 0.25) is 0 Å². The molecule has 0 radical (unpaired) electrons. The minimum Gasteiger partial charge on any atom is -0.392 e. The molecule has 1 N–H and O–H groups in total. The molecule has 0 saturated carbocycles. The second-order valence-electron chi connectivity index (χ2n) is 4.13. The molecule has 0 atom stereocenters. The highest BCUT2D eigenvalue weighted by atomic mass is 32.2. The first-order chi connectivity index (χ1) is 9.10. The topological polar surface area (TPSA) is 63.4 Å². The lowest BCUT2D eigenvalue weighted by Crippen LogP contribution is -1.93. The molecule has 0 aromatic heterocycles. The van der Waals surface area contributed by atoms with Crippen molar-refractivity contribution in [3.63, 3.8) is 0 Å². The zero-order valence-electron chi connectivity index (χ0n) is 10.4. The Kier molecular flexibility index (Phi) is 4.19. The van der Waals surface area contributed by atoms with Gasteiger partial charge in [0.05, 0.1) is 11.5 Å². The molecule has 0 aliphatic carbocycles. The number of hydrogen-bond acceptors (Lipinski definition) is 4. The first-order valence-corrected chi connectivity index (χ1v) is 6.54. The Bertz CT molecular complexity index is 613. The molecule has 4 nitrogen and oxygen atoms in total. The van der Waals surface area contributed by atoms with Crippen LogP contribution >= 0.6 is 11.8 Å². The van der Waals surface area contributed by atoms with E-state index in [-0.39, 0.29) is 12.3 Å². The van der Waals surface area contributed by atoms with Crippen molar-refractivity contribution in [1.82, 2.24) is 0 Å². The number of aliphatic hydroxyl groups is 1. The van der Waals surface area contributed by atoms with Gasteiger partial charge < -0.3 is 5.11 Å². The van der Waals surface area contributed by atoms with Crippen molar-refractivity contribution in [1.29, 1.82) is 0 Å². The number of hydrogen-bond donors (Lipinski definition) is 1. The van der Waals surface area contributed by atoms with E-state index in [4.69, 9.17) is 0 Å². The number of aryl methyl sites for hydroxylation is 1. The average Bonchev–Trinajstić information content (AvgIpc) is 2.39. The summed E-state index contributed by atoms with van der Waals surface area (Å²) in [5.41, 5.74) is 1.72. The van der Waals surface area contributed by atoms with Crippen molar-refractivity contribution in [2.45, 2.75) is 23.3 Å². The van der Waals surface area contributed by atoms with Crippen LogP contribution in [0.1, 0.15) is 11.1 Å². The van der Waals surface area contributed by atoms with E-state index in [1.165, 1.54) is 23.9 Å². The smallest absolute Gasteiger partial charge is 0.269 e. The maximum Gasteiger partial charge on any atom is 0.269 e. The van der Waals surface area contributed by atoms with Crippen LogP contribution < -0.4 is 0 Å². The fraction of sp³-hybridized carbons (Fsp3) is 0.143. The summed E-state index contributed by atoms with van der Waals surface area (Å²) in [6.07, 6.45) is 0. The van der Waals surface area contributed by atoms with E-state index in [2.05, 4.69) is 0 Å². The quantitative estimate of drug-likeness (QED) is 0.684. The third-order valence-electron chi connectivity index (χ3n) is 2.64. The number of nitrogens with zero attached hydrogens (tertiary/aromatic N) is 1. The molecule has 0 amide bonds. The summed E-state index contributed by atoms with van der Waals surface area (Å²) in [6, 6.07) is 12.5. The van der Waals surface area contributed by atoms with Crippen LogP contribution in [0.5, 0.6) is 0 Å². The maximum absolute atomic E-state index is 10.7. The molecule has 19 heavy (non-hydrogen) atoms. The molecular weight excluding hydrogens is 262 g/mol. The summed E-state index contributed by atoms with van der Waals surface area (Å²) >= 11 is 1.49. The second kappa shape index (κ2) is 5.86. The van der Waals surface area contributed by atoms with Crippen LogP contribution in [0.4, 0.5) is 5.69 Å². The van der Waals surface area contributed by atoms with Gasteiger partial charge in [-0.2, -0.15) is 0 Å². The van der Waals surface area contributed by atoms with Crippen molar-refractivity contribution in [3.05, 3.63) is 63.7 Å². The van der Waals surface area contributed by atoms with Crippen LogP contribution in [0.25, 0.3) is 0 Å². The molecule has 0 unspecified atom stereocenters. The molecule has 0 aliphatic rings. The molecule has 0 fully saturated rings. The number of benzene rings is 2. The van der Waals surface area contributed by atoms with E-state index in [0.29, 0.717) is 5.56 Å². The van der Waals surface area contributed by atoms with Crippen LogP contribution in [0.15, 0.2) is 52.3 Å². The molecule has 2 aromatic carbocycles. The zero-order valence-corrected chi connectivity index (χ0v) is 11.2. The highest BCUT2D eigenvalue weighted by Crippen LogP contribution is 2.32. The van der Waals surface area contributed by atoms with Crippen LogP contribution in [-0.4, -0.2) is 10.0 Å². The van der Waals surface area contributed by atoms with E-state index in [9.17, 15) is 15.2 Å². The molecule has 0 saturated heterocycles. The predicted molar refractivity (Wildman–Crippen MR) is 74.3 cm³/mol. The number of nitro benzene ring substituents is 1. The molecule has 2 aromatic rings. The maximum atomic E-state index is 10.7. The summed E-state index contributed by atoms with van der Waals surface area (Å²) < 4.78 is 0. The number of aliphatic hydroxyl groups excluding tert-OH is 1. The minimum atomic E-state index is -0.458. The molecular formula is C14H13NO3S. The van der Waals surface area contributed by atoms with E-state index >= 15 is 0 Å². The highest BCUT2D eigenvalue weighted by molar-refractivity contribution is 7.99. The molecule has 0 heterocycles. The number of non-ortho nitro benzene ring substituents is 1. The van der Waals surface area contributed by atoms with Crippen molar-refractivity contribution >= 4 is 17.4 Å². The SMILES string of the molecule is Cc1cccc(Sc2ccc([N+](=O)[O-])cc2CO)c1. The monoisotopic (exact) mass is 275 g/mol. The Labute approximate surface area is 115 Å². The summed E-state index contributed by atoms with van der Waals surface area (Å²) in [7, 11) is 0. The van der Waals surface area contributed by atoms with Crippen LogP contribution in [-0.2, 0) is 6.61 Å². The Balaban J connectivity index is 2.32. The first kappa shape index (κ1) is 13.6. The lowest BCUT2D eigenvalue weighted by molar-refractivity contribution is -0.385. The Morgan fingerprint density at radius 1 is 1.26 bits per heavy atom. The van der Waals surface area contributed by atoms with Crippen LogP contribution in [0.3, 0.4) is 0 Å². The lowest BCUT2D eigenvalue weighted by atomic mass is 10.2. The van der Waals surface area contributed by atoms with Gasteiger partial charge in [-0.1, -0.05) is 29.5 Å². The predicted octanol–water partition coefficient (Wildman–Crippen LogP) is 3.55. The molecule has 0 aliphatic heterocycles. The van der Waals surface area contributed by atoms with E-state index in [1.807, 2.05) is 31.2 Å². The summed E-state index contributed by atoms with van der Waals surface area (Å²) in [6.45, 7) is 1.79. The third-order valence-corrected chi connectivity index (χ3v) is 3.75. The van der Waals surface area contributed by atoms with Gasteiger partial charge in [-0.3, -0.25) is 10.1 Å². The Morgan fingerprint density at radius 3 is 2.68 bits per heavy atom. The van der Waals surface area contributed by atoms with E-state index in [1.54, 1.807) is 6.07 Å². The zero-order chi connectivity index (χ0) is 13.8. The van der Waals surface area contributed by atoms with Gasteiger partial charge in [-0.05, 0) is 30.7 Å². The van der Waals surface area contributed by atoms with Gasteiger partial charge in [0.1, 0.15) is 0 Å². The first-order valence-electron chi connectivity index (χ1n) is 5.73. The van der Waals surface area contributed by atoms with Crippen LogP contribution in [0, 0.1) is 17.0 Å². The van der Waals surface area contributed by atoms with Gasteiger partial charge in [-0.25, -0.2) is 0 Å². The second-order valence-corrected chi connectivity index (χ2v) is 5.24. The molecule has 5 heteroatoms. The highest BCUT2D eigenvalue weighted by Gasteiger charge is 2.11. The van der Waals surface area contributed by atoms with Gasteiger partial charge in [0, 0.05) is 21.9 Å². The lowest BCUT2D eigenvalue weighted by Gasteiger charge is -2.07. The third kappa shape index (κ3) is 3.33. The number of nitro groups is 1. The Hall–Kier alpha value is -1.85. The fourth-order valence-electron chi connectivity index (χ4n) is 1.71. The summed E-state index contributed by atoms with van der Waals surface area (Å²) in [5.74, 6) is 0. The Morgan fingerprint density at radius 2 is 2.05 bits per heavy atom. The minimum absolute atomic E-state index is 0.00218. The largest absolute Gasteiger partial charge is 0.392 e. The van der Waals surface area contributed by atoms with Crippen molar-refractivity contribution in [2.75, 3.05) is 0 Å². The van der Waals surface area contributed by atoms with Gasteiger partial charge in [0.15, 0.2) is 0 Å². The van der Waals surface area contributed by atoms with E-state index in [0.717, 1.165) is 15.4 Å².